The fraction of sp³-hybridized carbons (Fsp3) is 0.409. The van der Waals surface area contributed by atoms with Gasteiger partial charge in [0.2, 0.25) is 11.8 Å². The second-order valence-corrected chi connectivity index (χ2v) is 8.79. The minimum absolute atomic E-state index is 0.0281. The Bertz CT molecular complexity index is 1090. The Labute approximate surface area is 215 Å². The number of fused-ring (bicyclic) bond motifs is 1. The molecule has 2 aromatic rings. The summed E-state index contributed by atoms with van der Waals surface area (Å²) in [5.41, 5.74) is 2.10. The number of carbonyl (C=O) groups is 4. The fourth-order valence-electron chi connectivity index (χ4n) is 3.80. The molecule has 2 amide bonds. The summed E-state index contributed by atoms with van der Waals surface area (Å²) in [6, 6.07) is 6.04. The van der Waals surface area contributed by atoms with Crippen LogP contribution < -0.4 is 0 Å². The molecule has 0 unspecified atom stereocenters. The lowest BCUT2D eigenvalue weighted by Crippen LogP contribution is -2.40. The number of aliphatic carboxylic acids is 2. The number of carboxylic acid groups (broad SMARTS) is 2. The van der Waals surface area contributed by atoms with Crippen molar-refractivity contribution in [1.29, 1.82) is 0 Å². The van der Waals surface area contributed by atoms with Crippen LogP contribution in [0.1, 0.15) is 24.0 Å². The van der Waals surface area contributed by atoms with E-state index in [0.717, 1.165) is 24.1 Å². The van der Waals surface area contributed by atoms with E-state index in [4.69, 9.17) is 19.8 Å². The van der Waals surface area contributed by atoms with Crippen LogP contribution in [0.5, 0.6) is 0 Å². The molecule has 16 heteroatoms. The molecule has 0 radical (unpaired) electrons. The predicted molar refractivity (Wildman–Crippen MR) is 119 cm³/mol. The van der Waals surface area contributed by atoms with Gasteiger partial charge in [-0.2, -0.15) is 37.7 Å². The van der Waals surface area contributed by atoms with Gasteiger partial charge in [0.25, 0.3) is 0 Å². The third-order valence-corrected chi connectivity index (χ3v) is 6.16. The number of likely N-dealkylation sites (tertiary alicyclic amines) is 2. The Hall–Kier alpha value is -3.69. The van der Waals surface area contributed by atoms with Crippen molar-refractivity contribution in [2.24, 2.45) is 0 Å². The van der Waals surface area contributed by atoms with Crippen molar-refractivity contribution in [2.45, 2.75) is 50.2 Å². The number of rotatable bonds is 4. The molecule has 2 aromatic heterocycles. The van der Waals surface area contributed by atoms with Gasteiger partial charge in [-0.15, -0.1) is 0 Å². The first-order chi connectivity index (χ1) is 17.6. The van der Waals surface area contributed by atoms with Crippen LogP contribution in [0.2, 0.25) is 0 Å². The third-order valence-electron chi connectivity index (χ3n) is 5.43. The number of halogens is 6. The van der Waals surface area contributed by atoms with Crippen LogP contribution in [0.15, 0.2) is 41.4 Å². The molecule has 2 saturated heterocycles. The van der Waals surface area contributed by atoms with Crippen LogP contribution in [-0.2, 0) is 32.1 Å². The van der Waals surface area contributed by atoms with Crippen molar-refractivity contribution in [2.75, 3.05) is 6.54 Å². The van der Waals surface area contributed by atoms with E-state index in [-0.39, 0.29) is 23.9 Å². The first-order valence-corrected chi connectivity index (χ1v) is 11.6. The molecule has 2 N–H and O–H groups in total. The van der Waals surface area contributed by atoms with E-state index in [2.05, 4.69) is 4.98 Å². The highest BCUT2D eigenvalue weighted by Crippen LogP contribution is 2.34. The number of hydrogen-bond donors (Lipinski definition) is 2. The first-order valence-electron chi connectivity index (χ1n) is 10.7. The van der Waals surface area contributed by atoms with Crippen LogP contribution in [0.4, 0.5) is 26.3 Å². The number of carboxylic acids is 2. The topological polar surface area (TPSA) is 128 Å². The molecule has 2 aliphatic rings. The van der Waals surface area contributed by atoms with Gasteiger partial charge in [0.1, 0.15) is 0 Å². The van der Waals surface area contributed by atoms with Gasteiger partial charge in [-0.25, -0.2) is 9.59 Å². The largest absolute Gasteiger partial charge is 0.490 e. The zero-order valence-corrected chi connectivity index (χ0v) is 20.1. The van der Waals surface area contributed by atoms with Gasteiger partial charge in [-0.3, -0.25) is 14.6 Å². The second-order valence-electron chi connectivity index (χ2n) is 8.01. The molecule has 0 bridgehead atoms. The number of pyridine rings is 1. The summed E-state index contributed by atoms with van der Waals surface area (Å²) in [4.78, 5) is 50.8. The molecule has 208 valence electrons. The molecule has 9 nitrogen and oxygen atoms in total. The monoisotopic (exact) mass is 569 g/mol. The zero-order chi connectivity index (χ0) is 28.7. The Morgan fingerprint density at radius 1 is 1.00 bits per heavy atom. The van der Waals surface area contributed by atoms with Crippen molar-refractivity contribution in [3.05, 3.63) is 52.5 Å². The van der Waals surface area contributed by atoms with Crippen molar-refractivity contribution in [3.63, 3.8) is 0 Å². The number of nitrogens with zero attached hydrogens (tertiary/aromatic N) is 3. The lowest BCUT2D eigenvalue weighted by Gasteiger charge is -2.25. The summed E-state index contributed by atoms with van der Waals surface area (Å²) in [7, 11) is 0. The molecular weight excluding hydrogens is 548 g/mol. The van der Waals surface area contributed by atoms with Crippen LogP contribution in [0.25, 0.3) is 0 Å². The highest BCUT2D eigenvalue weighted by molar-refractivity contribution is 7.08. The molecule has 2 atom stereocenters. The number of alkyl halides is 6. The molecule has 38 heavy (non-hydrogen) atoms. The number of thiophene rings is 1. The van der Waals surface area contributed by atoms with Gasteiger partial charge in [-0.05, 0) is 40.4 Å². The number of carbonyl (C=O) groups excluding carboxylic acids is 2. The maximum atomic E-state index is 12.6. The molecular formula is C22H21F6N3O6S. The highest BCUT2D eigenvalue weighted by atomic mass is 32.1. The van der Waals surface area contributed by atoms with Gasteiger partial charge >= 0.3 is 24.3 Å². The SMILES string of the molecule is O=C(O)C(F)(F)F.O=C(O)C(F)(F)F.O=C1C[C@H]2[C@@H](CCN2C(=O)Cc2ccsc2)N1Cc1cccnc1. The summed E-state index contributed by atoms with van der Waals surface area (Å²) in [6.07, 6.45) is -4.89. The normalized spacial score (nSPS) is 18.6. The molecule has 2 aliphatic heterocycles. The predicted octanol–water partition coefficient (Wildman–Crippen LogP) is 3.35. The molecule has 2 fully saturated rings. The molecule has 4 rings (SSSR count). The van der Waals surface area contributed by atoms with Crippen LogP contribution in [0, 0.1) is 0 Å². The Kier molecular flexibility index (Phi) is 10.2. The van der Waals surface area contributed by atoms with E-state index in [1.165, 1.54) is 0 Å². The first kappa shape index (κ1) is 30.5. The van der Waals surface area contributed by atoms with Crippen LogP contribution >= 0.6 is 11.3 Å². The summed E-state index contributed by atoms with van der Waals surface area (Å²) in [6.45, 7) is 1.33. The van der Waals surface area contributed by atoms with Gasteiger partial charge in [0.15, 0.2) is 0 Å². The van der Waals surface area contributed by atoms with E-state index < -0.39 is 24.3 Å². The smallest absolute Gasteiger partial charge is 0.475 e. The van der Waals surface area contributed by atoms with Gasteiger partial charge < -0.3 is 20.0 Å². The van der Waals surface area contributed by atoms with Gasteiger partial charge in [0.05, 0.1) is 18.5 Å². The van der Waals surface area contributed by atoms with E-state index in [9.17, 15) is 35.9 Å². The van der Waals surface area contributed by atoms with E-state index in [1.807, 2.05) is 38.8 Å². The van der Waals surface area contributed by atoms with Crippen molar-refractivity contribution in [1.82, 2.24) is 14.8 Å². The highest BCUT2D eigenvalue weighted by Gasteiger charge is 2.48. The average molecular weight is 569 g/mol. The summed E-state index contributed by atoms with van der Waals surface area (Å²) < 4.78 is 63.5. The molecule has 0 saturated carbocycles. The van der Waals surface area contributed by atoms with E-state index in [1.54, 1.807) is 23.7 Å². The van der Waals surface area contributed by atoms with Crippen LogP contribution in [0.3, 0.4) is 0 Å². The summed E-state index contributed by atoms with van der Waals surface area (Å²) in [5, 5.41) is 18.3. The maximum Gasteiger partial charge on any atom is 0.490 e. The molecule has 4 heterocycles. The number of hydrogen-bond acceptors (Lipinski definition) is 6. The molecule has 0 aliphatic carbocycles. The zero-order valence-electron chi connectivity index (χ0n) is 19.3. The van der Waals surface area contributed by atoms with E-state index >= 15 is 0 Å². The van der Waals surface area contributed by atoms with Crippen molar-refractivity contribution in [3.8, 4) is 0 Å². The lowest BCUT2D eigenvalue weighted by molar-refractivity contribution is -0.193. The molecule has 0 spiro atoms. The Morgan fingerprint density at radius 3 is 2.08 bits per heavy atom. The second kappa shape index (κ2) is 12.7. The lowest BCUT2D eigenvalue weighted by atomic mass is 10.1. The fourth-order valence-corrected chi connectivity index (χ4v) is 4.47. The van der Waals surface area contributed by atoms with Crippen LogP contribution in [-0.4, -0.2) is 79.7 Å². The van der Waals surface area contributed by atoms with Crippen molar-refractivity contribution >= 4 is 35.1 Å². The summed E-state index contributed by atoms with van der Waals surface area (Å²) in [5.74, 6) is -5.24. The average Bonchev–Trinajstić information content (AvgIpc) is 3.53. The number of aromatic nitrogens is 1. The minimum Gasteiger partial charge on any atom is -0.475 e. The quantitative estimate of drug-likeness (QED) is 0.541. The maximum absolute atomic E-state index is 12.6. The minimum atomic E-state index is -5.08. The van der Waals surface area contributed by atoms with E-state index in [0.29, 0.717) is 19.4 Å². The number of amides is 2. The summed E-state index contributed by atoms with van der Waals surface area (Å²) >= 11 is 1.61. The van der Waals surface area contributed by atoms with Gasteiger partial charge in [-0.1, -0.05) is 6.07 Å². The third kappa shape index (κ3) is 8.71. The Balaban J connectivity index is 0.000000301. The standard InChI is InChI=1S/C18H19N3O2S.2C2HF3O2/c22-17(8-13-4-7-24-12-13)20-6-3-15-16(20)9-18(23)21(15)11-14-2-1-5-19-10-14;2*3-2(4,5)1(6)7/h1-2,4-5,7,10,12,15-16H,3,6,8-9,11H2;2*(H,6,7)/t15-,16+;;/m1../s1. The van der Waals surface area contributed by atoms with Gasteiger partial charge in [0, 0.05) is 31.9 Å². The Morgan fingerprint density at radius 2 is 1.61 bits per heavy atom. The molecule has 0 aromatic carbocycles. The van der Waals surface area contributed by atoms with Crippen molar-refractivity contribution < 1.29 is 55.7 Å².